The van der Waals surface area contributed by atoms with Gasteiger partial charge in [0, 0.05) is 17.9 Å². The van der Waals surface area contributed by atoms with Gasteiger partial charge in [-0.15, -0.1) is 0 Å². The molecule has 1 aliphatic heterocycles. The first-order valence-corrected chi connectivity index (χ1v) is 8.43. The molecule has 0 unspecified atom stereocenters. The molecule has 0 bridgehead atoms. The number of nitrogens with one attached hydrogen (secondary N) is 1. The third-order valence-corrected chi connectivity index (χ3v) is 4.67. The van der Waals surface area contributed by atoms with E-state index in [1.54, 1.807) is 23.1 Å². The van der Waals surface area contributed by atoms with Crippen molar-refractivity contribution >= 4 is 46.4 Å². The van der Waals surface area contributed by atoms with Crippen LogP contribution in [-0.2, 0) is 16.0 Å². The van der Waals surface area contributed by atoms with E-state index in [0.717, 1.165) is 24.1 Å². The monoisotopic (exact) mass is 362 g/mol. The van der Waals surface area contributed by atoms with Crippen molar-refractivity contribution in [2.24, 2.45) is 0 Å². The maximum absolute atomic E-state index is 12.5. The lowest BCUT2D eigenvalue weighted by Gasteiger charge is -2.29. The van der Waals surface area contributed by atoms with Gasteiger partial charge >= 0.3 is 0 Å². The average Bonchev–Trinajstić information content (AvgIpc) is 2.57. The molecule has 0 spiro atoms. The van der Waals surface area contributed by atoms with Crippen molar-refractivity contribution in [2.75, 3.05) is 16.8 Å². The Balaban J connectivity index is 1.67. The van der Waals surface area contributed by atoms with E-state index in [-0.39, 0.29) is 18.2 Å². The zero-order valence-corrected chi connectivity index (χ0v) is 14.4. The van der Waals surface area contributed by atoms with Crippen LogP contribution in [0.2, 0.25) is 10.0 Å². The van der Waals surface area contributed by atoms with E-state index in [4.69, 9.17) is 23.2 Å². The molecule has 2 aromatic carbocycles. The highest BCUT2D eigenvalue weighted by atomic mass is 35.5. The Kier molecular flexibility index (Phi) is 5.07. The van der Waals surface area contributed by atoms with Crippen molar-refractivity contribution in [1.82, 2.24) is 0 Å². The molecule has 1 aliphatic rings. The standard InChI is InChI=1S/C18H16Cl2N2O2/c19-14-8-7-13(10-15(14)20)21-17(23)11-18(24)22-9-3-5-12-4-1-2-6-16(12)22/h1-2,4,6-8,10H,3,5,9,11H2,(H,21,23). The number of benzene rings is 2. The van der Waals surface area contributed by atoms with Crippen LogP contribution < -0.4 is 10.2 Å². The van der Waals surface area contributed by atoms with Crippen LogP contribution in [0.15, 0.2) is 42.5 Å². The number of amides is 2. The Morgan fingerprint density at radius 3 is 2.67 bits per heavy atom. The van der Waals surface area contributed by atoms with Crippen molar-refractivity contribution in [1.29, 1.82) is 0 Å². The number of hydrogen-bond donors (Lipinski definition) is 1. The molecule has 2 amide bonds. The molecule has 1 N–H and O–H groups in total. The number of aryl methyl sites for hydroxylation is 1. The van der Waals surface area contributed by atoms with Crippen molar-refractivity contribution in [3.05, 3.63) is 58.1 Å². The van der Waals surface area contributed by atoms with Gasteiger partial charge in [-0.2, -0.15) is 0 Å². The summed E-state index contributed by atoms with van der Waals surface area (Å²) in [5.41, 5.74) is 2.55. The highest BCUT2D eigenvalue weighted by molar-refractivity contribution is 6.42. The van der Waals surface area contributed by atoms with Crippen LogP contribution in [-0.4, -0.2) is 18.4 Å². The van der Waals surface area contributed by atoms with E-state index in [9.17, 15) is 9.59 Å². The van der Waals surface area contributed by atoms with Gasteiger partial charge in [-0.25, -0.2) is 0 Å². The predicted octanol–water partition coefficient (Wildman–Crippen LogP) is 4.30. The predicted molar refractivity (Wildman–Crippen MR) is 96.8 cm³/mol. The Labute approximate surface area is 150 Å². The second-order valence-electron chi connectivity index (χ2n) is 5.63. The van der Waals surface area contributed by atoms with Crippen LogP contribution in [0.1, 0.15) is 18.4 Å². The minimum Gasteiger partial charge on any atom is -0.326 e. The van der Waals surface area contributed by atoms with Crippen LogP contribution >= 0.6 is 23.2 Å². The van der Waals surface area contributed by atoms with Gasteiger partial charge in [0.15, 0.2) is 0 Å². The molecule has 0 atom stereocenters. The molecule has 2 aromatic rings. The molecule has 6 heteroatoms. The lowest BCUT2D eigenvalue weighted by atomic mass is 10.0. The number of hydrogen-bond acceptors (Lipinski definition) is 2. The molecule has 4 nitrogen and oxygen atoms in total. The molecule has 0 aliphatic carbocycles. The van der Waals surface area contributed by atoms with E-state index in [1.165, 1.54) is 0 Å². The maximum Gasteiger partial charge on any atom is 0.236 e. The summed E-state index contributed by atoms with van der Waals surface area (Å²) >= 11 is 11.8. The van der Waals surface area contributed by atoms with E-state index < -0.39 is 0 Å². The summed E-state index contributed by atoms with van der Waals surface area (Å²) in [6.45, 7) is 0.635. The normalized spacial score (nSPS) is 13.3. The molecule has 124 valence electrons. The first-order chi connectivity index (χ1) is 11.5. The smallest absolute Gasteiger partial charge is 0.236 e. The molecule has 0 aromatic heterocycles. The number of rotatable bonds is 3. The summed E-state index contributed by atoms with van der Waals surface area (Å²) in [6, 6.07) is 12.6. The number of nitrogens with zero attached hydrogens (tertiary/aromatic N) is 1. The largest absolute Gasteiger partial charge is 0.326 e. The zero-order valence-electron chi connectivity index (χ0n) is 12.9. The Hall–Kier alpha value is -2.04. The number of carbonyl (C=O) groups is 2. The van der Waals surface area contributed by atoms with E-state index in [2.05, 4.69) is 5.32 Å². The number of halogens is 2. The lowest BCUT2D eigenvalue weighted by molar-refractivity contribution is -0.125. The van der Waals surface area contributed by atoms with Gasteiger partial charge in [0.1, 0.15) is 6.42 Å². The van der Waals surface area contributed by atoms with Gasteiger partial charge in [0.25, 0.3) is 0 Å². The molecule has 1 heterocycles. The minimum atomic E-state index is -0.374. The summed E-state index contributed by atoms with van der Waals surface area (Å²) in [6.07, 6.45) is 1.64. The fraction of sp³-hybridized carbons (Fsp3) is 0.222. The van der Waals surface area contributed by atoms with Gasteiger partial charge in [-0.1, -0.05) is 41.4 Å². The first kappa shape index (κ1) is 16.8. The second kappa shape index (κ2) is 7.24. The van der Waals surface area contributed by atoms with Crippen LogP contribution in [0.4, 0.5) is 11.4 Å². The Morgan fingerprint density at radius 1 is 1.08 bits per heavy atom. The van der Waals surface area contributed by atoms with Crippen LogP contribution in [0.25, 0.3) is 0 Å². The van der Waals surface area contributed by atoms with Crippen molar-refractivity contribution in [3.63, 3.8) is 0 Å². The molecular formula is C18H16Cl2N2O2. The van der Waals surface area contributed by atoms with Crippen molar-refractivity contribution in [3.8, 4) is 0 Å². The van der Waals surface area contributed by atoms with Gasteiger partial charge < -0.3 is 10.2 Å². The van der Waals surface area contributed by atoms with Gasteiger partial charge in [0.05, 0.1) is 10.0 Å². The minimum absolute atomic E-state index is 0.209. The molecule has 0 fully saturated rings. The summed E-state index contributed by atoms with van der Waals surface area (Å²) in [5.74, 6) is -0.582. The quantitative estimate of drug-likeness (QED) is 0.827. The molecule has 3 rings (SSSR count). The number of anilines is 2. The summed E-state index contributed by atoms with van der Waals surface area (Å²) in [7, 11) is 0. The summed E-state index contributed by atoms with van der Waals surface area (Å²) < 4.78 is 0. The van der Waals surface area contributed by atoms with Gasteiger partial charge in [-0.05, 0) is 42.7 Å². The van der Waals surface area contributed by atoms with Crippen molar-refractivity contribution in [2.45, 2.75) is 19.3 Å². The highest BCUT2D eigenvalue weighted by Gasteiger charge is 2.23. The third kappa shape index (κ3) is 3.71. The van der Waals surface area contributed by atoms with E-state index in [1.807, 2.05) is 24.3 Å². The van der Waals surface area contributed by atoms with E-state index in [0.29, 0.717) is 22.3 Å². The molecule has 0 saturated carbocycles. The van der Waals surface area contributed by atoms with Crippen molar-refractivity contribution < 1.29 is 9.59 Å². The molecule has 0 radical (unpaired) electrons. The summed E-state index contributed by atoms with van der Waals surface area (Å²) in [4.78, 5) is 26.3. The first-order valence-electron chi connectivity index (χ1n) is 7.68. The highest BCUT2D eigenvalue weighted by Crippen LogP contribution is 2.28. The molecule has 0 saturated heterocycles. The molecular weight excluding hydrogens is 347 g/mol. The van der Waals surface area contributed by atoms with E-state index >= 15 is 0 Å². The number of para-hydroxylation sites is 1. The average molecular weight is 363 g/mol. The SMILES string of the molecule is O=C(CC(=O)N1CCCc2ccccc21)Nc1ccc(Cl)c(Cl)c1. The topological polar surface area (TPSA) is 49.4 Å². The Morgan fingerprint density at radius 2 is 1.88 bits per heavy atom. The third-order valence-electron chi connectivity index (χ3n) is 3.93. The fourth-order valence-corrected chi connectivity index (χ4v) is 3.10. The van der Waals surface area contributed by atoms with Gasteiger partial charge in [-0.3, -0.25) is 9.59 Å². The van der Waals surface area contributed by atoms with Crippen LogP contribution in [0, 0.1) is 0 Å². The number of fused-ring (bicyclic) bond motifs is 1. The maximum atomic E-state index is 12.5. The fourth-order valence-electron chi connectivity index (χ4n) is 2.80. The Bertz CT molecular complexity index is 792. The molecule has 24 heavy (non-hydrogen) atoms. The lowest BCUT2D eigenvalue weighted by Crippen LogP contribution is -2.37. The second-order valence-corrected chi connectivity index (χ2v) is 6.45. The zero-order chi connectivity index (χ0) is 17.1. The summed E-state index contributed by atoms with van der Waals surface area (Å²) in [5, 5.41) is 3.44. The van der Waals surface area contributed by atoms with Crippen LogP contribution in [0.5, 0.6) is 0 Å². The van der Waals surface area contributed by atoms with Gasteiger partial charge in [0.2, 0.25) is 11.8 Å². The van der Waals surface area contributed by atoms with Crippen LogP contribution in [0.3, 0.4) is 0 Å². The number of carbonyl (C=O) groups excluding carboxylic acids is 2.